The first-order chi connectivity index (χ1) is 20.7. The Bertz CT molecular complexity index is 1540. The summed E-state index contributed by atoms with van der Waals surface area (Å²) in [4.78, 5) is 31.4. The molecule has 0 radical (unpaired) electrons. The number of alkyl halides is 2. The predicted octanol–water partition coefficient (Wildman–Crippen LogP) is 3.32. The van der Waals surface area contributed by atoms with Gasteiger partial charge in [-0.05, 0) is 55.5 Å². The third-order valence-corrected chi connectivity index (χ3v) is 7.16. The number of hydrogen-bond donors (Lipinski definition) is 2. The van der Waals surface area contributed by atoms with E-state index in [1.807, 2.05) is 12.1 Å². The van der Waals surface area contributed by atoms with E-state index in [9.17, 15) is 18.4 Å². The number of rotatable bonds is 13. The average molecular weight is 593 g/mol. The molecule has 1 aliphatic rings. The molecule has 4 aromatic rings. The number of halogens is 2. The first-order valence-corrected chi connectivity index (χ1v) is 14.3. The van der Waals surface area contributed by atoms with E-state index in [2.05, 4.69) is 53.3 Å². The molecule has 14 heteroatoms. The minimum absolute atomic E-state index is 0.0144. The number of carbonyl (C=O) groups excluding carboxylic acids is 2. The molecule has 4 heterocycles. The molecule has 0 aliphatic carbocycles. The van der Waals surface area contributed by atoms with Crippen LogP contribution in [0, 0.1) is 0 Å². The molecule has 1 aliphatic heterocycles. The molecule has 2 amide bonds. The number of unbranched alkanes of at least 4 members (excludes halogenated alkanes) is 1. The SMILES string of the molecule is CC(F)(F)c1ccnc(CNC(=O)c2cn(CCCCn3cc(C(=O)NCc4cccc(N5CCCC5)c4)nn3)nn2)c1. The smallest absolute Gasteiger partial charge is 0.273 e. The Morgan fingerprint density at radius 2 is 1.51 bits per heavy atom. The maximum Gasteiger partial charge on any atom is 0.273 e. The second-order valence-electron chi connectivity index (χ2n) is 10.6. The van der Waals surface area contributed by atoms with E-state index in [1.54, 1.807) is 15.6 Å². The first-order valence-electron chi connectivity index (χ1n) is 14.3. The number of hydrogen-bond acceptors (Lipinski definition) is 8. The van der Waals surface area contributed by atoms with E-state index >= 15 is 0 Å². The fraction of sp³-hybridized carbons (Fsp3) is 0.414. The van der Waals surface area contributed by atoms with Crippen LogP contribution in [0.5, 0.6) is 0 Å². The monoisotopic (exact) mass is 592 g/mol. The average Bonchev–Trinajstić information content (AvgIpc) is 3.80. The van der Waals surface area contributed by atoms with Crippen LogP contribution in [-0.2, 0) is 32.1 Å². The molecule has 2 N–H and O–H groups in total. The Kier molecular flexibility index (Phi) is 9.32. The zero-order chi connectivity index (χ0) is 30.2. The lowest BCUT2D eigenvalue weighted by molar-refractivity contribution is 0.0173. The molecule has 1 fully saturated rings. The van der Waals surface area contributed by atoms with Crippen LogP contribution >= 0.6 is 0 Å². The summed E-state index contributed by atoms with van der Waals surface area (Å²) in [5.74, 6) is -3.75. The number of anilines is 1. The van der Waals surface area contributed by atoms with Gasteiger partial charge in [0.05, 0.1) is 24.6 Å². The Labute approximate surface area is 247 Å². The van der Waals surface area contributed by atoms with E-state index in [-0.39, 0.29) is 29.4 Å². The van der Waals surface area contributed by atoms with Crippen molar-refractivity contribution in [1.82, 2.24) is 45.6 Å². The van der Waals surface area contributed by atoms with E-state index in [0.29, 0.717) is 25.3 Å². The lowest BCUT2D eigenvalue weighted by Gasteiger charge is -2.18. The summed E-state index contributed by atoms with van der Waals surface area (Å²) in [6.45, 7) is 4.42. The molecule has 5 rings (SSSR count). The quantitative estimate of drug-likeness (QED) is 0.226. The normalized spacial score (nSPS) is 13.3. The first kappa shape index (κ1) is 29.7. The third kappa shape index (κ3) is 8.17. The number of pyridine rings is 1. The summed E-state index contributed by atoms with van der Waals surface area (Å²) < 4.78 is 30.2. The van der Waals surface area contributed by atoms with Gasteiger partial charge in [-0.1, -0.05) is 22.6 Å². The maximum absolute atomic E-state index is 13.5. The highest BCUT2D eigenvalue weighted by Gasteiger charge is 2.24. The summed E-state index contributed by atoms with van der Waals surface area (Å²) >= 11 is 0. The molecule has 1 aromatic carbocycles. The summed E-state index contributed by atoms with van der Waals surface area (Å²) in [6, 6.07) is 10.7. The summed E-state index contributed by atoms with van der Waals surface area (Å²) in [5, 5.41) is 21.5. The van der Waals surface area contributed by atoms with Crippen LogP contribution in [0.25, 0.3) is 0 Å². The van der Waals surface area contributed by atoms with Crippen LogP contribution in [-0.4, -0.2) is 59.9 Å². The number of amides is 2. The Morgan fingerprint density at radius 3 is 2.14 bits per heavy atom. The maximum atomic E-state index is 13.5. The second kappa shape index (κ2) is 13.5. The standard InChI is InChI=1S/C29H34F2N10O2/c1-29(30,31)22-9-10-32-23(16-22)18-34-28(43)26-20-41(38-36-26)14-5-4-13-40-19-25(35-37-40)27(42)33-17-21-7-6-8-24(15-21)39-11-2-3-12-39/h6-10,15-16,19-20H,2-5,11-14,17-18H2,1H3,(H,33,42)(H,34,43). The van der Waals surface area contributed by atoms with Gasteiger partial charge in [0.25, 0.3) is 17.7 Å². The highest BCUT2D eigenvalue weighted by molar-refractivity contribution is 5.92. The van der Waals surface area contributed by atoms with Gasteiger partial charge in [-0.3, -0.25) is 23.9 Å². The van der Waals surface area contributed by atoms with Gasteiger partial charge in [0.1, 0.15) is 0 Å². The molecule has 12 nitrogen and oxygen atoms in total. The highest BCUT2D eigenvalue weighted by atomic mass is 19.3. The molecule has 0 unspecified atom stereocenters. The van der Waals surface area contributed by atoms with Crippen molar-refractivity contribution >= 4 is 17.5 Å². The van der Waals surface area contributed by atoms with E-state index < -0.39 is 11.8 Å². The molecular formula is C29H34F2N10O2. The Hall–Kier alpha value is -4.75. The highest BCUT2D eigenvalue weighted by Crippen LogP contribution is 2.26. The van der Waals surface area contributed by atoms with Gasteiger partial charge in [0, 0.05) is 57.1 Å². The van der Waals surface area contributed by atoms with Gasteiger partial charge in [-0.2, -0.15) is 0 Å². The van der Waals surface area contributed by atoms with Crippen molar-refractivity contribution in [3.63, 3.8) is 0 Å². The van der Waals surface area contributed by atoms with Gasteiger partial charge in [0.15, 0.2) is 11.4 Å². The minimum atomic E-state index is -2.99. The van der Waals surface area contributed by atoms with Crippen LogP contribution in [0.1, 0.15) is 70.4 Å². The lowest BCUT2D eigenvalue weighted by Crippen LogP contribution is -2.24. The molecule has 0 atom stereocenters. The van der Waals surface area contributed by atoms with Crippen molar-refractivity contribution < 1.29 is 18.4 Å². The van der Waals surface area contributed by atoms with Crippen LogP contribution in [0.3, 0.4) is 0 Å². The van der Waals surface area contributed by atoms with Crippen LogP contribution in [0.15, 0.2) is 55.0 Å². The molecule has 0 bridgehead atoms. The number of carbonyl (C=O) groups is 2. The van der Waals surface area contributed by atoms with Crippen molar-refractivity contribution in [2.24, 2.45) is 0 Å². The van der Waals surface area contributed by atoms with Crippen LogP contribution < -0.4 is 15.5 Å². The van der Waals surface area contributed by atoms with Gasteiger partial charge < -0.3 is 15.5 Å². The zero-order valence-electron chi connectivity index (χ0n) is 23.9. The van der Waals surface area contributed by atoms with Crippen LogP contribution in [0.2, 0.25) is 0 Å². The zero-order valence-corrected chi connectivity index (χ0v) is 23.9. The van der Waals surface area contributed by atoms with Gasteiger partial charge >= 0.3 is 0 Å². The van der Waals surface area contributed by atoms with Crippen LogP contribution in [0.4, 0.5) is 14.5 Å². The number of nitrogens with one attached hydrogen (secondary N) is 2. The van der Waals surface area contributed by atoms with E-state index in [0.717, 1.165) is 38.4 Å². The van der Waals surface area contributed by atoms with E-state index in [1.165, 1.54) is 43.1 Å². The fourth-order valence-electron chi connectivity index (χ4n) is 4.79. The molecule has 43 heavy (non-hydrogen) atoms. The molecule has 3 aromatic heterocycles. The molecule has 1 saturated heterocycles. The minimum Gasteiger partial charge on any atom is -0.372 e. The van der Waals surface area contributed by atoms with Crippen molar-refractivity contribution in [2.75, 3.05) is 18.0 Å². The molecular weight excluding hydrogens is 558 g/mol. The van der Waals surface area contributed by atoms with Crippen molar-refractivity contribution in [3.05, 3.63) is 83.2 Å². The predicted molar refractivity (Wildman–Crippen MR) is 153 cm³/mol. The van der Waals surface area contributed by atoms with Crippen molar-refractivity contribution in [2.45, 2.75) is 64.7 Å². The second-order valence-corrected chi connectivity index (χ2v) is 10.6. The number of aromatic nitrogens is 7. The van der Waals surface area contributed by atoms with Gasteiger partial charge in [0.2, 0.25) is 0 Å². The molecule has 226 valence electrons. The van der Waals surface area contributed by atoms with Crippen molar-refractivity contribution in [1.29, 1.82) is 0 Å². The summed E-state index contributed by atoms with van der Waals surface area (Å²) in [5.41, 5.74) is 2.74. The number of benzene rings is 1. The van der Waals surface area contributed by atoms with Crippen molar-refractivity contribution in [3.8, 4) is 0 Å². The molecule has 0 spiro atoms. The van der Waals surface area contributed by atoms with Gasteiger partial charge in [-0.25, -0.2) is 8.78 Å². The van der Waals surface area contributed by atoms with Gasteiger partial charge in [-0.15, -0.1) is 10.2 Å². The van der Waals surface area contributed by atoms with E-state index in [4.69, 9.17) is 0 Å². The molecule has 0 saturated carbocycles. The number of aryl methyl sites for hydroxylation is 2. The largest absolute Gasteiger partial charge is 0.372 e. The fourth-order valence-corrected chi connectivity index (χ4v) is 4.79. The third-order valence-electron chi connectivity index (χ3n) is 7.16. The Balaban J connectivity index is 1.02. The summed E-state index contributed by atoms with van der Waals surface area (Å²) in [7, 11) is 0. The topological polar surface area (TPSA) is 136 Å². The number of nitrogens with zero attached hydrogens (tertiary/aromatic N) is 8. The summed E-state index contributed by atoms with van der Waals surface area (Å²) in [6.07, 6.45) is 8.32. The lowest BCUT2D eigenvalue weighted by atomic mass is 10.1. The Morgan fingerprint density at radius 1 is 0.884 bits per heavy atom.